The summed E-state index contributed by atoms with van der Waals surface area (Å²) in [5.74, 6) is 0.671. The van der Waals surface area contributed by atoms with Gasteiger partial charge >= 0.3 is 0 Å². The van der Waals surface area contributed by atoms with Gasteiger partial charge in [0, 0.05) is 19.3 Å². The van der Waals surface area contributed by atoms with Crippen molar-refractivity contribution in [2.24, 2.45) is 4.99 Å². The molecule has 1 aromatic carbocycles. The zero-order valence-electron chi connectivity index (χ0n) is 14.1. The molecule has 0 spiro atoms. The van der Waals surface area contributed by atoms with Crippen LogP contribution in [0.2, 0.25) is 0 Å². The van der Waals surface area contributed by atoms with E-state index in [0.29, 0.717) is 19.0 Å². The van der Waals surface area contributed by atoms with Gasteiger partial charge in [-0.2, -0.15) is 0 Å². The van der Waals surface area contributed by atoms with E-state index >= 15 is 0 Å². The molecule has 0 bridgehead atoms. The largest absolute Gasteiger partial charge is 0.387 e. The Morgan fingerprint density at radius 2 is 1.92 bits per heavy atom. The van der Waals surface area contributed by atoms with Gasteiger partial charge in [0.15, 0.2) is 5.96 Å². The third-order valence-electron chi connectivity index (χ3n) is 3.39. The Kier molecular flexibility index (Phi) is 9.33. The monoisotopic (exact) mass is 440 g/mol. The molecule has 0 fully saturated rings. The summed E-state index contributed by atoms with van der Waals surface area (Å²) in [4.78, 5) is 8.73. The molecule has 3 N–H and O–H groups in total. The molecule has 130 valence electrons. The SMILES string of the molecule is CCNC(=NCc1ccccn1)NCC(O)c1ccc(C)cc1.I. The number of aliphatic imine (C=N–C) groups is 1. The molecule has 1 heterocycles. The molecule has 0 amide bonds. The van der Waals surface area contributed by atoms with Crippen molar-refractivity contribution in [3.05, 3.63) is 65.5 Å². The van der Waals surface area contributed by atoms with Crippen LogP contribution in [0.4, 0.5) is 0 Å². The van der Waals surface area contributed by atoms with Gasteiger partial charge in [0.05, 0.1) is 18.3 Å². The lowest BCUT2D eigenvalue weighted by molar-refractivity contribution is 0.181. The first kappa shape index (κ1) is 20.4. The van der Waals surface area contributed by atoms with Gasteiger partial charge in [-0.25, -0.2) is 4.99 Å². The van der Waals surface area contributed by atoms with Crippen LogP contribution >= 0.6 is 24.0 Å². The number of halogens is 1. The zero-order valence-corrected chi connectivity index (χ0v) is 16.4. The van der Waals surface area contributed by atoms with Crippen molar-refractivity contribution in [3.8, 4) is 0 Å². The number of aromatic nitrogens is 1. The summed E-state index contributed by atoms with van der Waals surface area (Å²) in [6, 6.07) is 13.7. The van der Waals surface area contributed by atoms with Crippen molar-refractivity contribution in [2.75, 3.05) is 13.1 Å². The summed E-state index contributed by atoms with van der Waals surface area (Å²) >= 11 is 0. The minimum Gasteiger partial charge on any atom is -0.387 e. The van der Waals surface area contributed by atoms with Crippen molar-refractivity contribution >= 4 is 29.9 Å². The molecule has 1 atom stereocenters. The minimum atomic E-state index is -0.575. The van der Waals surface area contributed by atoms with Crippen LogP contribution in [0, 0.1) is 6.92 Å². The van der Waals surface area contributed by atoms with Crippen LogP contribution in [0.25, 0.3) is 0 Å². The van der Waals surface area contributed by atoms with Crippen LogP contribution in [-0.2, 0) is 6.54 Å². The van der Waals surface area contributed by atoms with Crippen LogP contribution in [0.3, 0.4) is 0 Å². The first-order chi connectivity index (χ1) is 11.2. The molecule has 0 aliphatic heterocycles. The van der Waals surface area contributed by atoms with Gasteiger partial charge in [-0.3, -0.25) is 4.98 Å². The third kappa shape index (κ3) is 6.84. The predicted octanol–water partition coefficient (Wildman–Crippen LogP) is 2.80. The lowest BCUT2D eigenvalue weighted by atomic mass is 10.1. The number of hydrogen-bond donors (Lipinski definition) is 3. The Morgan fingerprint density at radius 1 is 1.17 bits per heavy atom. The number of nitrogens with one attached hydrogen (secondary N) is 2. The van der Waals surface area contributed by atoms with Gasteiger partial charge in [0.25, 0.3) is 0 Å². The van der Waals surface area contributed by atoms with Gasteiger partial charge in [-0.15, -0.1) is 24.0 Å². The van der Waals surface area contributed by atoms with Crippen molar-refractivity contribution in [1.29, 1.82) is 0 Å². The van der Waals surface area contributed by atoms with Crippen molar-refractivity contribution < 1.29 is 5.11 Å². The molecule has 1 aromatic heterocycles. The van der Waals surface area contributed by atoms with E-state index in [9.17, 15) is 5.11 Å². The standard InChI is InChI=1S/C18H24N4O.HI/c1-3-19-18(21-12-16-6-4-5-11-20-16)22-13-17(23)15-9-7-14(2)8-10-15;/h4-11,17,23H,3,12-13H2,1-2H3,(H2,19,21,22);1H. The highest BCUT2D eigenvalue weighted by atomic mass is 127. The summed E-state index contributed by atoms with van der Waals surface area (Å²) in [5.41, 5.74) is 2.98. The van der Waals surface area contributed by atoms with Gasteiger partial charge < -0.3 is 15.7 Å². The summed E-state index contributed by atoms with van der Waals surface area (Å²) in [6.45, 7) is 5.69. The minimum absolute atomic E-state index is 0. The number of nitrogens with zero attached hydrogens (tertiary/aromatic N) is 2. The zero-order chi connectivity index (χ0) is 16.5. The summed E-state index contributed by atoms with van der Waals surface area (Å²) in [7, 11) is 0. The quantitative estimate of drug-likeness (QED) is 0.367. The number of hydrogen-bond acceptors (Lipinski definition) is 3. The first-order valence-electron chi connectivity index (χ1n) is 7.85. The molecule has 0 aliphatic carbocycles. The van der Waals surface area contributed by atoms with Crippen LogP contribution in [0.5, 0.6) is 0 Å². The average molecular weight is 440 g/mol. The molecule has 5 nitrogen and oxygen atoms in total. The topological polar surface area (TPSA) is 69.5 Å². The predicted molar refractivity (Wildman–Crippen MR) is 109 cm³/mol. The Labute approximate surface area is 160 Å². The van der Waals surface area contributed by atoms with E-state index in [0.717, 1.165) is 17.8 Å². The Hall–Kier alpha value is -1.67. The lowest BCUT2D eigenvalue weighted by Gasteiger charge is -2.15. The van der Waals surface area contributed by atoms with E-state index in [2.05, 4.69) is 20.6 Å². The molecule has 24 heavy (non-hydrogen) atoms. The second kappa shape index (κ2) is 11.0. The Bertz CT molecular complexity index is 617. The highest BCUT2D eigenvalue weighted by molar-refractivity contribution is 14.0. The molecule has 2 rings (SSSR count). The number of aliphatic hydroxyl groups excluding tert-OH is 1. The molecule has 0 aliphatic rings. The van der Waals surface area contributed by atoms with Crippen LogP contribution in [0.15, 0.2) is 53.7 Å². The number of aryl methyl sites for hydroxylation is 1. The highest BCUT2D eigenvalue weighted by Gasteiger charge is 2.08. The first-order valence-corrected chi connectivity index (χ1v) is 7.85. The van der Waals surface area contributed by atoms with Crippen LogP contribution in [0.1, 0.15) is 29.8 Å². The van der Waals surface area contributed by atoms with E-state index in [4.69, 9.17) is 0 Å². The fourth-order valence-corrected chi connectivity index (χ4v) is 2.09. The van der Waals surface area contributed by atoms with Crippen molar-refractivity contribution in [3.63, 3.8) is 0 Å². The summed E-state index contributed by atoms with van der Waals surface area (Å²) in [6.07, 6.45) is 1.18. The Morgan fingerprint density at radius 3 is 2.54 bits per heavy atom. The molecule has 0 saturated heterocycles. The second-order valence-electron chi connectivity index (χ2n) is 5.32. The molecular formula is C18H25IN4O. The van der Waals surface area contributed by atoms with Gasteiger partial charge in [-0.05, 0) is 31.5 Å². The number of rotatable bonds is 6. The molecule has 2 aromatic rings. The molecule has 6 heteroatoms. The third-order valence-corrected chi connectivity index (χ3v) is 3.39. The fraction of sp³-hybridized carbons (Fsp3) is 0.333. The van der Waals surface area contributed by atoms with Gasteiger partial charge in [0.2, 0.25) is 0 Å². The summed E-state index contributed by atoms with van der Waals surface area (Å²) < 4.78 is 0. The lowest BCUT2D eigenvalue weighted by Crippen LogP contribution is -2.39. The summed E-state index contributed by atoms with van der Waals surface area (Å²) in [5, 5.41) is 16.6. The highest BCUT2D eigenvalue weighted by Crippen LogP contribution is 2.12. The number of benzene rings is 1. The van der Waals surface area contributed by atoms with Crippen molar-refractivity contribution in [1.82, 2.24) is 15.6 Å². The maximum atomic E-state index is 10.3. The molecular weight excluding hydrogens is 415 g/mol. The van der Waals surface area contributed by atoms with Crippen molar-refractivity contribution in [2.45, 2.75) is 26.5 Å². The molecule has 1 unspecified atom stereocenters. The van der Waals surface area contributed by atoms with E-state index in [1.807, 2.05) is 56.3 Å². The van der Waals surface area contributed by atoms with E-state index in [-0.39, 0.29) is 24.0 Å². The molecule has 0 saturated carbocycles. The number of aliphatic hydroxyl groups is 1. The normalized spacial score (nSPS) is 12.2. The second-order valence-corrected chi connectivity index (χ2v) is 5.32. The smallest absolute Gasteiger partial charge is 0.191 e. The average Bonchev–Trinajstić information content (AvgIpc) is 2.58. The van der Waals surface area contributed by atoms with E-state index < -0.39 is 6.10 Å². The van der Waals surface area contributed by atoms with E-state index in [1.165, 1.54) is 5.56 Å². The van der Waals surface area contributed by atoms with Gasteiger partial charge in [-0.1, -0.05) is 35.9 Å². The maximum absolute atomic E-state index is 10.3. The fourth-order valence-electron chi connectivity index (χ4n) is 2.09. The van der Waals surface area contributed by atoms with Crippen LogP contribution < -0.4 is 10.6 Å². The number of guanidine groups is 1. The Balaban J connectivity index is 0.00000288. The number of pyridine rings is 1. The van der Waals surface area contributed by atoms with Gasteiger partial charge in [0.1, 0.15) is 0 Å². The van der Waals surface area contributed by atoms with E-state index in [1.54, 1.807) is 6.20 Å². The maximum Gasteiger partial charge on any atom is 0.191 e. The van der Waals surface area contributed by atoms with Crippen LogP contribution in [-0.4, -0.2) is 29.1 Å². The molecule has 0 radical (unpaired) electrons.